The van der Waals surface area contributed by atoms with Gasteiger partial charge >= 0.3 is 0 Å². The quantitative estimate of drug-likeness (QED) is 0.624. The molecule has 69 valence electrons. The van der Waals surface area contributed by atoms with E-state index in [1.165, 1.54) is 5.56 Å². The van der Waals surface area contributed by atoms with E-state index in [4.69, 9.17) is 4.74 Å². The summed E-state index contributed by atoms with van der Waals surface area (Å²) in [7, 11) is 0. The lowest BCUT2D eigenvalue weighted by Gasteiger charge is -1.94. The predicted molar refractivity (Wildman–Crippen MR) is 56.0 cm³/mol. The SMILES string of the molecule is C[CH]OCCC=Cc1ccccc1. The summed E-state index contributed by atoms with van der Waals surface area (Å²) >= 11 is 0. The molecule has 0 N–H and O–H groups in total. The predicted octanol–water partition coefficient (Wildman–Crippen LogP) is 3.29. The molecule has 0 fully saturated rings. The Morgan fingerprint density at radius 3 is 2.69 bits per heavy atom. The van der Waals surface area contributed by atoms with E-state index in [1.54, 1.807) is 6.61 Å². The lowest BCUT2D eigenvalue weighted by atomic mass is 10.2. The van der Waals surface area contributed by atoms with Gasteiger partial charge in [0, 0.05) is 0 Å². The van der Waals surface area contributed by atoms with Crippen molar-refractivity contribution in [2.24, 2.45) is 0 Å². The normalized spacial score (nSPS) is 10.8. The Bertz CT molecular complexity index is 239. The third-order valence-electron chi connectivity index (χ3n) is 1.68. The second kappa shape index (κ2) is 6.44. The van der Waals surface area contributed by atoms with Crippen LogP contribution < -0.4 is 0 Å². The molecule has 0 heterocycles. The highest BCUT2D eigenvalue weighted by molar-refractivity contribution is 5.48. The summed E-state index contributed by atoms with van der Waals surface area (Å²) in [6, 6.07) is 10.3. The number of rotatable bonds is 5. The third-order valence-corrected chi connectivity index (χ3v) is 1.68. The van der Waals surface area contributed by atoms with Crippen LogP contribution in [0.25, 0.3) is 6.08 Å². The van der Waals surface area contributed by atoms with Crippen molar-refractivity contribution in [1.82, 2.24) is 0 Å². The van der Waals surface area contributed by atoms with Gasteiger partial charge in [-0.1, -0.05) is 42.5 Å². The van der Waals surface area contributed by atoms with Crippen molar-refractivity contribution in [1.29, 1.82) is 0 Å². The maximum atomic E-state index is 5.10. The monoisotopic (exact) mass is 175 g/mol. The van der Waals surface area contributed by atoms with E-state index in [-0.39, 0.29) is 0 Å². The number of hydrogen-bond acceptors (Lipinski definition) is 1. The van der Waals surface area contributed by atoms with E-state index < -0.39 is 0 Å². The lowest BCUT2D eigenvalue weighted by molar-refractivity contribution is 0.210. The van der Waals surface area contributed by atoms with Gasteiger partial charge in [0.05, 0.1) is 13.2 Å². The molecule has 1 heteroatoms. The van der Waals surface area contributed by atoms with Crippen molar-refractivity contribution in [2.45, 2.75) is 13.3 Å². The fourth-order valence-corrected chi connectivity index (χ4v) is 1.04. The van der Waals surface area contributed by atoms with Crippen LogP contribution in [0.15, 0.2) is 36.4 Å². The highest BCUT2D eigenvalue weighted by Crippen LogP contribution is 2.01. The molecule has 1 radical (unpaired) electrons. The van der Waals surface area contributed by atoms with Gasteiger partial charge in [0.15, 0.2) is 0 Å². The summed E-state index contributed by atoms with van der Waals surface area (Å²) in [5, 5.41) is 0. The standard InChI is InChI=1S/C12H15O/c1-2-13-11-7-6-10-12-8-4-3-5-9-12/h2-6,8-10H,7,11H2,1H3. The zero-order chi connectivity index (χ0) is 9.36. The van der Waals surface area contributed by atoms with E-state index in [2.05, 4.69) is 24.3 Å². The molecule has 0 atom stereocenters. The average Bonchev–Trinajstić information content (AvgIpc) is 2.19. The minimum Gasteiger partial charge on any atom is -0.376 e. The molecule has 1 nitrogen and oxygen atoms in total. The van der Waals surface area contributed by atoms with Crippen LogP contribution in [0.1, 0.15) is 18.9 Å². The average molecular weight is 175 g/mol. The summed E-state index contributed by atoms with van der Waals surface area (Å²) in [5.41, 5.74) is 1.24. The topological polar surface area (TPSA) is 9.23 Å². The van der Waals surface area contributed by atoms with Crippen LogP contribution in [-0.2, 0) is 4.74 Å². The largest absolute Gasteiger partial charge is 0.376 e. The van der Waals surface area contributed by atoms with Gasteiger partial charge in [-0.2, -0.15) is 0 Å². The molecule has 1 rings (SSSR count). The first-order valence-electron chi connectivity index (χ1n) is 4.54. The van der Waals surface area contributed by atoms with Crippen molar-refractivity contribution < 1.29 is 4.74 Å². The molecule has 0 aliphatic rings. The molecule has 0 spiro atoms. The van der Waals surface area contributed by atoms with Gasteiger partial charge in [0.1, 0.15) is 0 Å². The molecule has 0 bridgehead atoms. The van der Waals surface area contributed by atoms with Gasteiger partial charge in [-0.25, -0.2) is 0 Å². The Balaban J connectivity index is 2.25. The molecule has 0 amide bonds. The van der Waals surface area contributed by atoms with Gasteiger partial charge < -0.3 is 4.74 Å². The summed E-state index contributed by atoms with van der Waals surface area (Å²) in [6.45, 7) is 4.37. The zero-order valence-electron chi connectivity index (χ0n) is 7.94. The molecule has 0 saturated heterocycles. The van der Waals surface area contributed by atoms with E-state index in [1.807, 2.05) is 25.1 Å². The van der Waals surface area contributed by atoms with E-state index in [9.17, 15) is 0 Å². The maximum absolute atomic E-state index is 5.10. The summed E-state index contributed by atoms with van der Waals surface area (Å²) in [4.78, 5) is 0. The molecule has 0 unspecified atom stereocenters. The van der Waals surface area contributed by atoms with Crippen molar-refractivity contribution in [3.63, 3.8) is 0 Å². The Kier molecular flexibility index (Phi) is 4.95. The fourth-order valence-electron chi connectivity index (χ4n) is 1.04. The maximum Gasteiger partial charge on any atom is 0.0806 e. The molecule has 0 aromatic heterocycles. The fraction of sp³-hybridized carbons (Fsp3) is 0.250. The highest BCUT2D eigenvalue weighted by atomic mass is 16.5. The molecular formula is C12H15O. The first-order chi connectivity index (χ1) is 6.43. The molecule has 0 saturated carbocycles. The van der Waals surface area contributed by atoms with Gasteiger partial charge in [-0.15, -0.1) is 0 Å². The molecule has 13 heavy (non-hydrogen) atoms. The zero-order valence-corrected chi connectivity index (χ0v) is 7.94. The summed E-state index contributed by atoms with van der Waals surface area (Å²) in [6.07, 6.45) is 5.19. The highest BCUT2D eigenvalue weighted by Gasteiger charge is 1.83. The van der Waals surface area contributed by atoms with Crippen LogP contribution in [0.5, 0.6) is 0 Å². The van der Waals surface area contributed by atoms with E-state index in [0.29, 0.717) is 0 Å². The van der Waals surface area contributed by atoms with Gasteiger partial charge in [0.25, 0.3) is 0 Å². The number of ether oxygens (including phenoxy) is 1. The molecule has 0 aliphatic heterocycles. The molecular weight excluding hydrogens is 160 g/mol. The second-order valence-electron chi connectivity index (χ2n) is 2.71. The Morgan fingerprint density at radius 2 is 2.00 bits per heavy atom. The first-order valence-corrected chi connectivity index (χ1v) is 4.54. The van der Waals surface area contributed by atoms with Crippen molar-refractivity contribution in [2.75, 3.05) is 6.61 Å². The van der Waals surface area contributed by atoms with Crippen LogP contribution in [-0.4, -0.2) is 6.61 Å². The smallest absolute Gasteiger partial charge is 0.0806 e. The Hall–Kier alpha value is -1.08. The lowest BCUT2D eigenvalue weighted by Crippen LogP contribution is -1.85. The van der Waals surface area contributed by atoms with Crippen LogP contribution in [0.2, 0.25) is 0 Å². The minimum absolute atomic E-state index is 0.764. The van der Waals surface area contributed by atoms with E-state index in [0.717, 1.165) is 13.0 Å². The van der Waals surface area contributed by atoms with Crippen LogP contribution in [0, 0.1) is 6.61 Å². The van der Waals surface area contributed by atoms with Crippen molar-refractivity contribution in [3.8, 4) is 0 Å². The van der Waals surface area contributed by atoms with E-state index >= 15 is 0 Å². The summed E-state index contributed by atoms with van der Waals surface area (Å²) in [5.74, 6) is 0. The number of benzene rings is 1. The third kappa shape index (κ3) is 4.48. The summed E-state index contributed by atoms with van der Waals surface area (Å²) < 4.78 is 5.10. The number of hydrogen-bond donors (Lipinski definition) is 0. The first kappa shape index (κ1) is 10.0. The second-order valence-corrected chi connectivity index (χ2v) is 2.71. The Morgan fingerprint density at radius 1 is 1.23 bits per heavy atom. The van der Waals surface area contributed by atoms with Gasteiger partial charge in [-0.3, -0.25) is 0 Å². The van der Waals surface area contributed by atoms with Gasteiger partial charge in [0.2, 0.25) is 0 Å². The van der Waals surface area contributed by atoms with Crippen LogP contribution in [0.4, 0.5) is 0 Å². The molecule has 1 aromatic carbocycles. The van der Waals surface area contributed by atoms with Crippen molar-refractivity contribution >= 4 is 6.08 Å². The van der Waals surface area contributed by atoms with Crippen LogP contribution in [0.3, 0.4) is 0 Å². The minimum atomic E-state index is 0.764. The van der Waals surface area contributed by atoms with Crippen LogP contribution >= 0.6 is 0 Å². The molecule has 1 aromatic rings. The Labute approximate surface area is 80.0 Å². The molecule has 0 aliphatic carbocycles. The van der Waals surface area contributed by atoms with Gasteiger partial charge in [-0.05, 0) is 18.9 Å². The van der Waals surface area contributed by atoms with Crippen molar-refractivity contribution in [3.05, 3.63) is 48.6 Å².